The van der Waals surface area contributed by atoms with E-state index in [1.807, 2.05) is 0 Å². The molecular formula is C22H35N5O. The second-order valence-corrected chi connectivity index (χ2v) is 8.52. The normalized spacial score (nSPS) is 22.5. The Hall–Kier alpha value is -1.47. The number of nitrogens with zero attached hydrogens (tertiary/aromatic N) is 5. The molecule has 0 bridgehead atoms. The van der Waals surface area contributed by atoms with Crippen molar-refractivity contribution < 1.29 is 4.74 Å². The lowest BCUT2D eigenvalue weighted by Crippen LogP contribution is -2.49. The second kappa shape index (κ2) is 8.91. The Labute approximate surface area is 169 Å². The third-order valence-corrected chi connectivity index (χ3v) is 6.49. The van der Waals surface area contributed by atoms with Crippen LogP contribution in [-0.4, -0.2) is 95.9 Å². The fourth-order valence-corrected chi connectivity index (χ4v) is 4.54. The van der Waals surface area contributed by atoms with E-state index in [0.29, 0.717) is 12.1 Å². The van der Waals surface area contributed by atoms with E-state index < -0.39 is 0 Å². The summed E-state index contributed by atoms with van der Waals surface area (Å²) < 4.78 is 8.01. The van der Waals surface area contributed by atoms with Gasteiger partial charge in [0, 0.05) is 64.3 Å². The van der Waals surface area contributed by atoms with Crippen molar-refractivity contribution in [3.8, 4) is 0 Å². The Morgan fingerprint density at radius 1 is 0.929 bits per heavy atom. The van der Waals surface area contributed by atoms with Crippen molar-refractivity contribution in [1.29, 1.82) is 0 Å². The third kappa shape index (κ3) is 4.40. The van der Waals surface area contributed by atoms with E-state index in [1.54, 1.807) is 0 Å². The predicted molar refractivity (Wildman–Crippen MR) is 114 cm³/mol. The average molecular weight is 386 g/mol. The number of benzene rings is 1. The van der Waals surface area contributed by atoms with Crippen molar-refractivity contribution in [1.82, 2.24) is 24.3 Å². The van der Waals surface area contributed by atoms with Gasteiger partial charge in [-0.2, -0.15) is 0 Å². The molecule has 2 fully saturated rings. The molecule has 0 spiro atoms. The molecule has 2 saturated heterocycles. The van der Waals surface area contributed by atoms with Gasteiger partial charge in [0.2, 0.25) is 0 Å². The van der Waals surface area contributed by atoms with Gasteiger partial charge in [-0.15, -0.1) is 0 Å². The van der Waals surface area contributed by atoms with Crippen LogP contribution >= 0.6 is 0 Å². The van der Waals surface area contributed by atoms with E-state index in [4.69, 9.17) is 9.72 Å². The van der Waals surface area contributed by atoms with Crippen molar-refractivity contribution in [3.05, 3.63) is 30.1 Å². The first kappa shape index (κ1) is 19.8. The monoisotopic (exact) mass is 385 g/mol. The summed E-state index contributed by atoms with van der Waals surface area (Å²) in [6.07, 6.45) is 1.01. The van der Waals surface area contributed by atoms with Gasteiger partial charge < -0.3 is 14.2 Å². The number of aromatic nitrogens is 2. The quantitative estimate of drug-likeness (QED) is 0.760. The summed E-state index contributed by atoms with van der Waals surface area (Å²) in [6.45, 7) is 14.1. The molecule has 154 valence electrons. The first-order chi connectivity index (χ1) is 13.6. The van der Waals surface area contributed by atoms with Crippen LogP contribution in [0.25, 0.3) is 11.0 Å². The maximum atomic E-state index is 5.54. The van der Waals surface area contributed by atoms with Crippen molar-refractivity contribution in [2.24, 2.45) is 0 Å². The maximum Gasteiger partial charge on any atom is 0.111 e. The minimum Gasteiger partial charge on any atom is -0.379 e. The molecule has 4 rings (SSSR count). The van der Waals surface area contributed by atoms with E-state index in [1.165, 1.54) is 11.3 Å². The number of imidazole rings is 1. The SMILES string of the molecule is C[C@@H](Cc1nc2ccccc2n1C[C@H](C)N1CCOCC1)N1CCN(C)CC1. The number of para-hydroxylation sites is 2. The second-order valence-electron chi connectivity index (χ2n) is 8.52. The summed E-state index contributed by atoms with van der Waals surface area (Å²) in [4.78, 5) is 12.6. The average Bonchev–Trinajstić information content (AvgIpc) is 3.06. The Kier molecular flexibility index (Phi) is 6.31. The largest absolute Gasteiger partial charge is 0.379 e. The smallest absolute Gasteiger partial charge is 0.111 e. The molecule has 0 aliphatic carbocycles. The Bertz CT molecular complexity index is 761. The number of fused-ring (bicyclic) bond motifs is 1. The van der Waals surface area contributed by atoms with Crippen LogP contribution in [0.1, 0.15) is 19.7 Å². The molecular weight excluding hydrogens is 350 g/mol. The van der Waals surface area contributed by atoms with Gasteiger partial charge in [-0.3, -0.25) is 9.80 Å². The zero-order valence-electron chi connectivity index (χ0n) is 17.7. The molecule has 2 aliphatic heterocycles. The van der Waals surface area contributed by atoms with Gasteiger partial charge in [-0.05, 0) is 33.0 Å². The van der Waals surface area contributed by atoms with Crippen LogP contribution < -0.4 is 0 Å². The highest BCUT2D eigenvalue weighted by molar-refractivity contribution is 5.75. The van der Waals surface area contributed by atoms with E-state index in [2.05, 4.69) is 64.4 Å². The van der Waals surface area contributed by atoms with Crippen molar-refractivity contribution >= 4 is 11.0 Å². The van der Waals surface area contributed by atoms with Crippen molar-refractivity contribution in [2.45, 2.75) is 38.9 Å². The summed E-state index contributed by atoms with van der Waals surface area (Å²) in [5, 5.41) is 0. The number of likely N-dealkylation sites (N-methyl/N-ethyl adjacent to an activating group) is 1. The van der Waals surface area contributed by atoms with Crippen LogP contribution in [0.2, 0.25) is 0 Å². The maximum absolute atomic E-state index is 5.54. The van der Waals surface area contributed by atoms with Gasteiger partial charge in [-0.25, -0.2) is 4.98 Å². The Morgan fingerprint density at radius 2 is 1.61 bits per heavy atom. The topological polar surface area (TPSA) is 36.8 Å². The number of hydrogen-bond acceptors (Lipinski definition) is 5. The number of ether oxygens (including phenoxy) is 1. The minimum atomic E-state index is 0.485. The lowest BCUT2D eigenvalue weighted by Gasteiger charge is -2.36. The van der Waals surface area contributed by atoms with E-state index in [-0.39, 0.29) is 0 Å². The zero-order valence-corrected chi connectivity index (χ0v) is 17.7. The molecule has 0 radical (unpaired) electrons. The third-order valence-electron chi connectivity index (χ3n) is 6.49. The summed E-state index contributed by atoms with van der Waals surface area (Å²) in [7, 11) is 2.22. The van der Waals surface area contributed by atoms with Crippen LogP contribution in [-0.2, 0) is 17.7 Å². The highest BCUT2D eigenvalue weighted by atomic mass is 16.5. The van der Waals surface area contributed by atoms with E-state index in [9.17, 15) is 0 Å². The van der Waals surface area contributed by atoms with Crippen LogP contribution in [0.5, 0.6) is 0 Å². The standard InChI is InChI=1S/C22H35N5O/c1-18(25-10-8-24(3)9-11-25)16-22-23-20-6-4-5-7-21(20)27(22)17-19(2)26-12-14-28-15-13-26/h4-7,18-19H,8-17H2,1-3H3/t18-,19-/m0/s1. The summed E-state index contributed by atoms with van der Waals surface area (Å²) in [6, 6.07) is 9.60. The first-order valence-electron chi connectivity index (χ1n) is 10.8. The van der Waals surface area contributed by atoms with Gasteiger partial charge in [0.25, 0.3) is 0 Å². The lowest BCUT2D eigenvalue weighted by atomic mass is 10.1. The van der Waals surface area contributed by atoms with Gasteiger partial charge >= 0.3 is 0 Å². The fourth-order valence-electron chi connectivity index (χ4n) is 4.54. The molecule has 2 aliphatic rings. The van der Waals surface area contributed by atoms with E-state index in [0.717, 1.165) is 71.0 Å². The predicted octanol–water partition coefficient (Wildman–Crippen LogP) is 1.94. The van der Waals surface area contributed by atoms with Gasteiger partial charge in [-0.1, -0.05) is 12.1 Å². The molecule has 0 unspecified atom stereocenters. The molecule has 28 heavy (non-hydrogen) atoms. The van der Waals surface area contributed by atoms with Crippen LogP contribution in [0.15, 0.2) is 24.3 Å². The lowest BCUT2D eigenvalue weighted by molar-refractivity contribution is 0.0169. The molecule has 6 nitrogen and oxygen atoms in total. The molecule has 0 saturated carbocycles. The van der Waals surface area contributed by atoms with Gasteiger partial charge in [0.15, 0.2) is 0 Å². The van der Waals surface area contributed by atoms with E-state index >= 15 is 0 Å². The Morgan fingerprint density at radius 3 is 2.36 bits per heavy atom. The Balaban J connectivity index is 1.53. The molecule has 2 atom stereocenters. The number of hydrogen-bond donors (Lipinski definition) is 0. The summed E-state index contributed by atoms with van der Waals surface area (Å²) in [5.74, 6) is 1.23. The number of rotatable bonds is 6. The molecule has 0 N–H and O–H groups in total. The van der Waals surface area contributed by atoms with Crippen molar-refractivity contribution in [3.63, 3.8) is 0 Å². The molecule has 1 aromatic heterocycles. The number of morpholine rings is 1. The first-order valence-corrected chi connectivity index (χ1v) is 10.8. The van der Waals surface area contributed by atoms with Crippen LogP contribution in [0, 0.1) is 0 Å². The molecule has 2 aromatic rings. The summed E-state index contributed by atoms with van der Waals surface area (Å²) in [5.41, 5.74) is 2.39. The molecule has 0 amide bonds. The highest BCUT2D eigenvalue weighted by Crippen LogP contribution is 2.20. The zero-order chi connectivity index (χ0) is 19.5. The molecule has 3 heterocycles. The number of piperazine rings is 1. The van der Waals surface area contributed by atoms with Gasteiger partial charge in [0.1, 0.15) is 5.82 Å². The molecule has 1 aromatic carbocycles. The van der Waals surface area contributed by atoms with Crippen LogP contribution in [0.3, 0.4) is 0 Å². The molecule has 6 heteroatoms. The summed E-state index contributed by atoms with van der Waals surface area (Å²) >= 11 is 0. The fraction of sp³-hybridized carbons (Fsp3) is 0.682. The van der Waals surface area contributed by atoms with Gasteiger partial charge in [0.05, 0.1) is 24.2 Å². The van der Waals surface area contributed by atoms with Crippen molar-refractivity contribution in [2.75, 3.05) is 59.5 Å². The highest BCUT2D eigenvalue weighted by Gasteiger charge is 2.24. The minimum absolute atomic E-state index is 0.485. The van der Waals surface area contributed by atoms with Crippen LogP contribution in [0.4, 0.5) is 0 Å².